The van der Waals surface area contributed by atoms with Crippen molar-refractivity contribution in [3.8, 4) is 0 Å². The Balaban J connectivity index is 2.22. The maximum absolute atomic E-state index is 12.5. The van der Waals surface area contributed by atoms with E-state index in [-0.39, 0.29) is 5.78 Å². The zero-order valence-electron chi connectivity index (χ0n) is 13.1. The van der Waals surface area contributed by atoms with Gasteiger partial charge in [-0.1, -0.05) is 19.1 Å². The summed E-state index contributed by atoms with van der Waals surface area (Å²) in [6.07, 6.45) is -0.724. The quantitative estimate of drug-likeness (QED) is 0.834. The van der Waals surface area contributed by atoms with Crippen molar-refractivity contribution in [2.75, 3.05) is 5.32 Å². The largest absolute Gasteiger partial charge is 0.444 e. The summed E-state index contributed by atoms with van der Waals surface area (Å²) in [5, 5.41) is 5.16. The predicted octanol–water partition coefficient (Wildman–Crippen LogP) is 2.35. The summed E-state index contributed by atoms with van der Waals surface area (Å²) in [7, 11) is 0. The molecule has 2 amide bonds. The number of carbonyl (C=O) groups is 3. The van der Waals surface area contributed by atoms with E-state index in [2.05, 4.69) is 10.6 Å². The summed E-state index contributed by atoms with van der Waals surface area (Å²) in [6.45, 7) is 6.80. The van der Waals surface area contributed by atoms with E-state index in [4.69, 9.17) is 4.74 Å². The van der Waals surface area contributed by atoms with Gasteiger partial charge < -0.3 is 15.4 Å². The lowest BCUT2D eigenvalue weighted by Crippen LogP contribution is -2.49. The molecule has 2 unspecified atom stereocenters. The van der Waals surface area contributed by atoms with Crippen LogP contribution in [0.5, 0.6) is 0 Å². The summed E-state index contributed by atoms with van der Waals surface area (Å²) in [6, 6.07) is 5.81. The number of rotatable bonds is 1. The molecule has 1 aromatic rings. The van der Waals surface area contributed by atoms with E-state index in [0.29, 0.717) is 11.3 Å². The molecule has 6 nitrogen and oxygen atoms in total. The fourth-order valence-electron chi connectivity index (χ4n) is 2.27. The topological polar surface area (TPSA) is 84.5 Å². The lowest BCUT2D eigenvalue weighted by Gasteiger charge is -2.24. The minimum absolute atomic E-state index is 0.199. The highest BCUT2D eigenvalue weighted by Gasteiger charge is 2.37. The monoisotopic (exact) mass is 304 g/mol. The zero-order chi connectivity index (χ0) is 16.5. The smallest absolute Gasteiger partial charge is 0.408 e. The minimum atomic E-state index is -0.977. The Morgan fingerprint density at radius 1 is 1.23 bits per heavy atom. The van der Waals surface area contributed by atoms with E-state index in [0.717, 1.165) is 0 Å². The van der Waals surface area contributed by atoms with E-state index in [1.165, 1.54) is 0 Å². The van der Waals surface area contributed by atoms with Gasteiger partial charge in [0.25, 0.3) is 0 Å². The molecule has 1 aromatic carbocycles. The highest BCUT2D eigenvalue weighted by Crippen LogP contribution is 2.25. The van der Waals surface area contributed by atoms with Gasteiger partial charge in [0.2, 0.25) is 5.91 Å². The second-order valence-corrected chi connectivity index (χ2v) is 6.31. The average Bonchev–Trinajstić information content (AvgIpc) is 2.49. The molecule has 1 aliphatic rings. The third kappa shape index (κ3) is 3.44. The molecule has 0 spiro atoms. The van der Waals surface area contributed by atoms with Crippen molar-refractivity contribution in [3.63, 3.8) is 0 Å². The van der Waals surface area contributed by atoms with Crippen molar-refractivity contribution in [2.45, 2.75) is 39.3 Å². The lowest BCUT2D eigenvalue weighted by molar-refractivity contribution is -0.118. The first-order chi connectivity index (χ1) is 10.2. The van der Waals surface area contributed by atoms with E-state index in [9.17, 15) is 14.4 Å². The molecular weight excluding hydrogens is 284 g/mol. The van der Waals surface area contributed by atoms with Crippen LogP contribution in [0.2, 0.25) is 0 Å². The number of hydrogen-bond acceptors (Lipinski definition) is 4. The second kappa shape index (κ2) is 5.79. The van der Waals surface area contributed by atoms with Crippen LogP contribution in [0.3, 0.4) is 0 Å². The maximum Gasteiger partial charge on any atom is 0.408 e. The first kappa shape index (κ1) is 16.0. The van der Waals surface area contributed by atoms with Gasteiger partial charge in [0, 0.05) is 11.5 Å². The number of benzene rings is 1. The number of amides is 2. The molecule has 0 saturated heterocycles. The van der Waals surface area contributed by atoms with Crippen molar-refractivity contribution in [1.82, 2.24) is 5.32 Å². The molecule has 2 rings (SSSR count). The Morgan fingerprint density at radius 2 is 1.86 bits per heavy atom. The number of Topliss-reactive ketones (excluding diaryl/α,β-unsaturated/α-hetero) is 1. The average molecular weight is 304 g/mol. The number of ketones is 1. The van der Waals surface area contributed by atoms with Gasteiger partial charge in [-0.2, -0.15) is 0 Å². The summed E-state index contributed by atoms with van der Waals surface area (Å²) in [5.41, 5.74) is 0.219. The molecule has 0 radical (unpaired) electrons. The SMILES string of the molecule is CC1C(=O)c2ccccc2NC(=O)C1NC(=O)OC(C)(C)C. The molecule has 2 atom stereocenters. The van der Waals surface area contributed by atoms with E-state index in [1.807, 2.05) is 0 Å². The number of hydrogen-bond donors (Lipinski definition) is 2. The lowest BCUT2D eigenvalue weighted by atomic mass is 9.93. The molecule has 1 heterocycles. The summed E-state index contributed by atoms with van der Waals surface area (Å²) < 4.78 is 5.15. The van der Waals surface area contributed by atoms with Crippen molar-refractivity contribution in [2.24, 2.45) is 5.92 Å². The number of nitrogens with one attached hydrogen (secondary N) is 2. The van der Waals surface area contributed by atoms with Crippen molar-refractivity contribution >= 4 is 23.5 Å². The number of carbonyl (C=O) groups excluding carboxylic acids is 3. The van der Waals surface area contributed by atoms with Crippen molar-refractivity contribution < 1.29 is 19.1 Å². The standard InChI is InChI=1S/C16H20N2O4/c1-9-12(18-15(21)22-16(2,3)4)14(20)17-11-8-6-5-7-10(11)13(9)19/h5-9,12H,1-4H3,(H,17,20)(H,18,21). The van der Waals surface area contributed by atoms with Gasteiger partial charge in [-0.3, -0.25) is 9.59 Å². The molecule has 0 aromatic heterocycles. The van der Waals surface area contributed by atoms with E-state index >= 15 is 0 Å². The van der Waals surface area contributed by atoms with Gasteiger partial charge in [0.15, 0.2) is 5.78 Å². The van der Waals surface area contributed by atoms with Gasteiger partial charge in [-0.05, 0) is 32.9 Å². The van der Waals surface area contributed by atoms with Crippen LogP contribution >= 0.6 is 0 Å². The summed E-state index contributed by atoms with van der Waals surface area (Å²) in [4.78, 5) is 36.7. The van der Waals surface area contributed by atoms with Crippen LogP contribution in [0.25, 0.3) is 0 Å². The number of fused-ring (bicyclic) bond motifs is 1. The molecular formula is C16H20N2O4. The Labute approximate surface area is 129 Å². The normalized spacial score (nSPS) is 21.5. The van der Waals surface area contributed by atoms with Crippen LogP contribution < -0.4 is 10.6 Å². The van der Waals surface area contributed by atoms with Crippen molar-refractivity contribution in [1.29, 1.82) is 0 Å². The predicted molar refractivity (Wildman–Crippen MR) is 81.7 cm³/mol. The van der Waals surface area contributed by atoms with Crippen LogP contribution in [0, 0.1) is 5.92 Å². The number of alkyl carbamates (subject to hydrolysis) is 1. The molecule has 22 heavy (non-hydrogen) atoms. The molecule has 2 N–H and O–H groups in total. The van der Waals surface area contributed by atoms with E-state index < -0.39 is 29.6 Å². The third-order valence-electron chi connectivity index (χ3n) is 3.32. The zero-order valence-corrected chi connectivity index (χ0v) is 13.1. The van der Waals surface area contributed by atoms with Crippen LogP contribution in [0.1, 0.15) is 38.1 Å². The number of para-hydroxylation sites is 1. The molecule has 118 valence electrons. The van der Waals surface area contributed by atoms with Gasteiger partial charge in [-0.25, -0.2) is 4.79 Å². The van der Waals surface area contributed by atoms with E-state index in [1.54, 1.807) is 52.0 Å². The maximum atomic E-state index is 12.5. The fourth-order valence-corrected chi connectivity index (χ4v) is 2.27. The Kier molecular flexibility index (Phi) is 4.21. The van der Waals surface area contributed by atoms with Gasteiger partial charge in [0.05, 0.1) is 5.69 Å². The van der Waals surface area contributed by atoms with Crippen LogP contribution in [0.4, 0.5) is 10.5 Å². The number of ether oxygens (including phenoxy) is 1. The second-order valence-electron chi connectivity index (χ2n) is 6.31. The molecule has 6 heteroatoms. The molecule has 0 fully saturated rings. The highest BCUT2D eigenvalue weighted by atomic mass is 16.6. The van der Waals surface area contributed by atoms with Gasteiger partial charge in [-0.15, -0.1) is 0 Å². The molecule has 0 bridgehead atoms. The Hall–Kier alpha value is -2.37. The Morgan fingerprint density at radius 3 is 2.50 bits per heavy atom. The summed E-state index contributed by atoms with van der Waals surface area (Å²) in [5.74, 6) is -1.32. The van der Waals surface area contributed by atoms with Crippen LogP contribution in [-0.4, -0.2) is 29.4 Å². The van der Waals surface area contributed by atoms with Crippen molar-refractivity contribution in [3.05, 3.63) is 29.8 Å². The minimum Gasteiger partial charge on any atom is -0.444 e. The first-order valence-corrected chi connectivity index (χ1v) is 7.12. The van der Waals surface area contributed by atoms with Gasteiger partial charge >= 0.3 is 6.09 Å². The molecule has 0 aliphatic carbocycles. The highest BCUT2D eigenvalue weighted by molar-refractivity contribution is 6.12. The van der Waals surface area contributed by atoms with Crippen LogP contribution in [-0.2, 0) is 9.53 Å². The first-order valence-electron chi connectivity index (χ1n) is 7.12. The molecule has 0 saturated carbocycles. The van der Waals surface area contributed by atoms with Crippen LogP contribution in [0.15, 0.2) is 24.3 Å². The summed E-state index contributed by atoms with van der Waals surface area (Å²) >= 11 is 0. The number of anilines is 1. The molecule has 1 aliphatic heterocycles. The Bertz CT molecular complexity index is 619. The third-order valence-corrected chi connectivity index (χ3v) is 3.32. The van der Waals surface area contributed by atoms with Gasteiger partial charge in [0.1, 0.15) is 11.6 Å². The fraction of sp³-hybridized carbons (Fsp3) is 0.438.